The third-order valence-corrected chi connectivity index (χ3v) is 4.68. The molecule has 0 aliphatic rings. The van der Waals surface area contributed by atoms with E-state index < -0.39 is 11.8 Å². The Hall–Kier alpha value is -4.13. The predicted molar refractivity (Wildman–Crippen MR) is 123 cm³/mol. The number of hydrogen-bond acceptors (Lipinski definition) is 4. The second-order valence-corrected chi connectivity index (χ2v) is 7.10. The van der Waals surface area contributed by atoms with Gasteiger partial charge >= 0.3 is 0 Å². The molecule has 0 heterocycles. The predicted octanol–water partition coefficient (Wildman–Crippen LogP) is 4.11. The Morgan fingerprint density at radius 1 is 0.750 bits per heavy atom. The van der Waals surface area contributed by atoms with Crippen molar-refractivity contribution >= 4 is 23.4 Å². The number of hydrazine groups is 1. The molecule has 0 aromatic heterocycles. The molecule has 3 rings (SSSR count). The first kappa shape index (κ1) is 22.6. The van der Waals surface area contributed by atoms with Crippen LogP contribution in [0.25, 0.3) is 0 Å². The Balaban J connectivity index is 1.58. The number of aryl methyl sites for hydroxylation is 1. The summed E-state index contributed by atoms with van der Waals surface area (Å²) in [7, 11) is 0. The van der Waals surface area contributed by atoms with Crippen LogP contribution in [0.4, 0.5) is 5.69 Å². The zero-order valence-electron chi connectivity index (χ0n) is 18.0. The van der Waals surface area contributed by atoms with Gasteiger partial charge in [-0.15, -0.1) is 0 Å². The van der Waals surface area contributed by atoms with Gasteiger partial charge in [-0.05, 0) is 61.4 Å². The van der Waals surface area contributed by atoms with Crippen molar-refractivity contribution < 1.29 is 19.1 Å². The van der Waals surface area contributed by atoms with Gasteiger partial charge in [-0.25, -0.2) is 0 Å². The molecule has 164 valence electrons. The summed E-state index contributed by atoms with van der Waals surface area (Å²) in [6, 6.07) is 20.5. The first-order chi connectivity index (χ1) is 15.5. The minimum atomic E-state index is -0.484. The molecule has 0 saturated carbocycles. The van der Waals surface area contributed by atoms with E-state index in [9.17, 15) is 14.4 Å². The van der Waals surface area contributed by atoms with Crippen molar-refractivity contribution in [3.05, 3.63) is 95.1 Å². The number of carbonyl (C=O) groups is 3. The molecule has 0 aliphatic carbocycles. The zero-order valence-corrected chi connectivity index (χ0v) is 18.0. The van der Waals surface area contributed by atoms with E-state index in [2.05, 4.69) is 16.2 Å². The second kappa shape index (κ2) is 10.8. The molecule has 3 amide bonds. The lowest BCUT2D eigenvalue weighted by Gasteiger charge is -2.12. The molecule has 0 fully saturated rings. The highest BCUT2D eigenvalue weighted by Gasteiger charge is 2.14. The van der Waals surface area contributed by atoms with Crippen LogP contribution < -0.4 is 20.9 Å². The number of benzene rings is 3. The Morgan fingerprint density at radius 2 is 1.38 bits per heavy atom. The van der Waals surface area contributed by atoms with E-state index in [4.69, 9.17) is 4.74 Å². The van der Waals surface area contributed by atoms with E-state index in [1.165, 1.54) is 0 Å². The van der Waals surface area contributed by atoms with Crippen molar-refractivity contribution in [3.63, 3.8) is 0 Å². The zero-order chi connectivity index (χ0) is 22.9. The number of para-hydroxylation sites is 1. The second-order valence-electron chi connectivity index (χ2n) is 7.10. The molecule has 0 aliphatic heterocycles. The molecule has 3 aromatic rings. The molecule has 32 heavy (non-hydrogen) atoms. The molecule has 0 spiro atoms. The molecule has 0 unspecified atom stereocenters. The standard InChI is InChI=1S/C25H25N3O4/c1-3-16-32-22-11-7-6-10-21(22)25(31)28-27-23(29)18-12-14-19(15-13-18)26-24(30)20-9-5-4-8-17(20)2/h4-15H,3,16H2,1-2H3,(H,26,30)(H,27,29)(H,28,31). The molecule has 3 aromatic carbocycles. The van der Waals surface area contributed by atoms with Crippen molar-refractivity contribution in [2.75, 3.05) is 11.9 Å². The molecule has 7 nitrogen and oxygen atoms in total. The molecule has 0 saturated heterocycles. The maximum Gasteiger partial charge on any atom is 0.273 e. The highest BCUT2D eigenvalue weighted by atomic mass is 16.5. The number of rotatable bonds is 7. The molecular formula is C25H25N3O4. The summed E-state index contributed by atoms with van der Waals surface area (Å²) in [5.74, 6) is -0.736. The Morgan fingerprint density at radius 3 is 2.06 bits per heavy atom. The van der Waals surface area contributed by atoms with Crippen LogP contribution in [-0.4, -0.2) is 24.3 Å². The summed E-state index contributed by atoms with van der Waals surface area (Å²) in [5.41, 5.74) is 7.46. The number of amides is 3. The summed E-state index contributed by atoms with van der Waals surface area (Å²) in [6.45, 7) is 4.33. The van der Waals surface area contributed by atoms with Crippen LogP contribution in [0.1, 0.15) is 50.0 Å². The van der Waals surface area contributed by atoms with Gasteiger partial charge in [0.2, 0.25) is 0 Å². The Labute approximate surface area is 186 Å². The van der Waals surface area contributed by atoms with Gasteiger partial charge < -0.3 is 10.1 Å². The van der Waals surface area contributed by atoms with Crippen molar-refractivity contribution in [3.8, 4) is 5.75 Å². The maximum absolute atomic E-state index is 12.4. The third-order valence-electron chi connectivity index (χ3n) is 4.68. The van der Waals surface area contributed by atoms with Crippen molar-refractivity contribution in [2.45, 2.75) is 20.3 Å². The minimum absolute atomic E-state index is 0.225. The summed E-state index contributed by atoms with van der Waals surface area (Å²) in [4.78, 5) is 37.3. The fourth-order valence-corrected chi connectivity index (χ4v) is 2.98. The van der Waals surface area contributed by atoms with E-state index in [0.29, 0.717) is 34.7 Å². The van der Waals surface area contributed by atoms with Crippen LogP contribution in [0, 0.1) is 6.92 Å². The Kier molecular flexibility index (Phi) is 7.59. The van der Waals surface area contributed by atoms with Gasteiger partial charge in [0.05, 0.1) is 12.2 Å². The quantitative estimate of drug-likeness (QED) is 0.491. The number of carbonyl (C=O) groups excluding carboxylic acids is 3. The van der Waals surface area contributed by atoms with Gasteiger partial charge in [0.1, 0.15) is 5.75 Å². The summed E-state index contributed by atoms with van der Waals surface area (Å²) >= 11 is 0. The molecular weight excluding hydrogens is 406 g/mol. The first-order valence-electron chi connectivity index (χ1n) is 10.3. The lowest BCUT2D eigenvalue weighted by atomic mass is 10.1. The van der Waals surface area contributed by atoms with E-state index in [0.717, 1.165) is 12.0 Å². The smallest absolute Gasteiger partial charge is 0.273 e. The minimum Gasteiger partial charge on any atom is -0.493 e. The SMILES string of the molecule is CCCOc1ccccc1C(=O)NNC(=O)c1ccc(NC(=O)c2ccccc2C)cc1. The van der Waals surface area contributed by atoms with E-state index in [1.54, 1.807) is 60.7 Å². The van der Waals surface area contributed by atoms with Crippen molar-refractivity contribution in [1.29, 1.82) is 0 Å². The van der Waals surface area contributed by atoms with Crippen LogP contribution in [0.15, 0.2) is 72.8 Å². The van der Waals surface area contributed by atoms with E-state index in [-0.39, 0.29) is 5.91 Å². The average Bonchev–Trinajstić information content (AvgIpc) is 2.82. The average molecular weight is 431 g/mol. The van der Waals surface area contributed by atoms with E-state index >= 15 is 0 Å². The maximum atomic E-state index is 12.4. The lowest BCUT2D eigenvalue weighted by Crippen LogP contribution is -2.41. The van der Waals surface area contributed by atoms with Crippen LogP contribution in [0.3, 0.4) is 0 Å². The molecule has 3 N–H and O–H groups in total. The highest BCUT2D eigenvalue weighted by Crippen LogP contribution is 2.18. The third kappa shape index (κ3) is 5.72. The summed E-state index contributed by atoms with van der Waals surface area (Å²) in [5, 5.41) is 2.81. The van der Waals surface area contributed by atoms with Gasteiger partial charge in [0.15, 0.2) is 0 Å². The number of hydrogen-bond donors (Lipinski definition) is 3. The van der Waals surface area contributed by atoms with Gasteiger partial charge in [0.25, 0.3) is 17.7 Å². The topological polar surface area (TPSA) is 96.5 Å². The lowest BCUT2D eigenvalue weighted by molar-refractivity contribution is 0.0844. The normalized spacial score (nSPS) is 10.2. The van der Waals surface area contributed by atoms with Gasteiger partial charge in [-0.1, -0.05) is 37.3 Å². The van der Waals surface area contributed by atoms with Crippen LogP contribution in [-0.2, 0) is 0 Å². The largest absolute Gasteiger partial charge is 0.493 e. The molecule has 0 bridgehead atoms. The van der Waals surface area contributed by atoms with Crippen LogP contribution >= 0.6 is 0 Å². The van der Waals surface area contributed by atoms with Gasteiger partial charge in [-0.2, -0.15) is 0 Å². The number of ether oxygens (including phenoxy) is 1. The summed E-state index contributed by atoms with van der Waals surface area (Å²) in [6.07, 6.45) is 0.814. The fourth-order valence-electron chi connectivity index (χ4n) is 2.98. The number of nitrogens with one attached hydrogen (secondary N) is 3. The highest BCUT2D eigenvalue weighted by molar-refractivity contribution is 6.05. The van der Waals surface area contributed by atoms with E-state index in [1.807, 2.05) is 26.0 Å². The first-order valence-corrected chi connectivity index (χ1v) is 10.3. The van der Waals surface area contributed by atoms with Crippen molar-refractivity contribution in [2.24, 2.45) is 0 Å². The van der Waals surface area contributed by atoms with Gasteiger partial charge in [-0.3, -0.25) is 25.2 Å². The van der Waals surface area contributed by atoms with Crippen molar-refractivity contribution in [1.82, 2.24) is 10.9 Å². The summed E-state index contributed by atoms with van der Waals surface area (Å²) < 4.78 is 5.57. The molecule has 0 radical (unpaired) electrons. The molecule has 7 heteroatoms. The van der Waals surface area contributed by atoms with Crippen LogP contribution in [0.2, 0.25) is 0 Å². The monoisotopic (exact) mass is 431 g/mol. The van der Waals surface area contributed by atoms with Gasteiger partial charge in [0, 0.05) is 16.8 Å². The molecule has 0 atom stereocenters. The number of anilines is 1. The fraction of sp³-hybridized carbons (Fsp3) is 0.160. The Bertz CT molecular complexity index is 1110. The van der Waals surface area contributed by atoms with Crippen LogP contribution in [0.5, 0.6) is 5.75 Å².